The van der Waals surface area contributed by atoms with Crippen LogP contribution in [0.1, 0.15) is 12.0 Å². The highest BCUT2D eigenvalue weighted by Crippen LogP contribution is 2.40. The summed E-state index contributed by atoms with van der Waals surface area (Å²) in [6.45, 7) is 0. The Morgan fingerprint density at radius 2 is 1.86 bits per heavy atom. The zero-order valence-electron chi connectivity index (χ0n) is 15.2. The largest absolute Gasteiger partial charge is 0.497 e. The number of hydrogen-bond acceptors (Lipinski definition) is 6. The molecule has 2 amide bonds. The van der Waals surface area contributed by atoms with Crippen LogP contribution in [-0.2, 0) is 14.4 Å². The van der Waals surface area contributed by atoms with Gasteiger partial charge in [-0.1, -0.05) is 0 Å². The molecule has 2 aromatic carbocycles. The molecule has 1 fully saturated rings. The van der Waals surface area contributed by atoms with Gasteiger partial charge in [0.25, 0.3) is 5.91 Å². The number of amides is 2. The maximum Gasteiger partial charge on any atom is 0.273 e. The molecule has 1 atom stereocenters. The molecule has 0 radical (unpaired) electrons. The van der Waals surface area contributed by atoms with Crippen molar-refractivity contribution in [3.8, 4) is 11.5 Å². The van der Waals surface area contributed by atoms with Crippen LogP contribution in [0, 0.1) is 5.82 Å². The molecule has 28 heavy (non-hydrogen) atoms. The molecule has 4 rings (SSSR count). The van der Waals surface area contributed by atoms with Gasteiger partial charge in [0.15, 0.2) is 0 Å². The van der Waals surface area contributed by atoms with E-state index in [-0.39, 0.29) is 6.42 Å². The number of rotatable bonds is 4. The molecule has 1 saturated heterocycles. The van der Waals surface area contributed by atoms with Crippen LogP contribution in [0.5, 0.6) is 11.5 Å². The summed E-state index contributed by atoms with van der Waals surface area (Å²) in [6.07, 6.45) is 1.40. The predicted octanol–water partition coefficient (Wildman–Crippen LogP) is 2.42. The summed E-state index contributed by atoms with van der Waals surface area (Å²) in [4.78, 5) is 32.1. The molecule has 1 N–H and O–H groups in total. The van der Waals surface area contributed by atoms with E-state index in [0.29, 0.717) is 28.4 Å². The summed E-state index contributed by atoms with van der Waals surface area (Å²) >= 11 is 0. The first-order chi connectivity index (χ1) is 13.5. The van der Waals surface area contributed by atoms with Gasteiger partial charge in [-0.15, -0.1) is 0 Å². The van der Waals surface area contributed by atoms with Crippen molar-refractivity contribution >= 4 is 23.2 Å². The molecule has 2 aliphatic rings. The highest BCUT2D eigenvalue weighted by molar-refractivity contribution is 6.25. The van der Waals surface area contributed by atoms with Gasteiger partial charge in [0.1, 0.15) is 17.3 Å². The second-order valence-corrected chi connectivity index (χ2v) is 6.41. The summed E-state index contributed by atoms with van der Waals surface area (Å²) in [7, 11) is 3.07. The first-order valence-electron chi connectivity index (χ1n) is 8.49. The van der Waals surface area contributed by atoms with E-state index >= 15 is 0 Å². The smallest absolute Gasteiger partial charge is 0.273 e. The number of benzene rings is 2. The Morgan fingerprint density at radius 1 is 1.11 bits per heavy atom. The van der Waals surface area contributed by atoms with Gasteiger partial charge in [-0.2, -0.15) is 0 Å². The molecule has 1 spiro atoms. The van der Waals surface area contributed by atoms with Gasteiger partial charge in [0.05, 0.1) is 32.0 Å². The fourth-order valence-corrected chi connectivity index (χ4v) is 3.32. The van der Waals surface area contributed by atoms with Gasteiger partial charge in [-0.3, -0.25) is 19.9 Å². The minimum atomic E-state index is -1.47. The lowest BCUT2D eigenvalue weighted by Gasteiger charge is -2.18. The highest BCUT2D eigenvalue weighted by atomic mass is 19.1. The number of imide groups is 1. The van der Waals surface area contributed by atoms with Crippen molar-refractivity contribution in [3.05, 3.63) is 59.9 Å². The zero-order valence-corrected chi connectivity index (χ0v) is 15.2. The Balaban J connectivity index is 1.69. The molecule has 0 bridgehead atoms. The SMILES string of the molecule is COc1ccc(C2=C[C@]3(CC(=O)N(c4ccc(F)cc4)C3=O)ON2)c(OC)c1. The van der Waals surface area contributed by atoms with Crippen LogP contribution >= 0.6 is 0 Å². The number of halogens is 1. The molecule has 0 aliphatic carbocycles. The lowest BCUT2D eigenvalue weighted by Crippen LogP contribution is -2.40. The van der Waals surface area contributed by atoms with E-state index in [1.165, 1.54) is 31.4 Å². The standard InChI is InChI=1S/C20H17FN2O5/c1-26-14-7-8-15(17(9-14)27-2)16-10-20(28-22-16)11-18(24)23(19(20)25)13-5-3-12(21)4-6-13/h3-10,22H,11H2,1-2H3/t20-/m1/s1. The van der Waals surface area contributed by atoms with Crippen molar-refractivity contribution in [1.29, 1.82) is 0 Å². The second-order valence-electron chi connectivity index (χ2n) is 6.41. The van der Waals surface area contributed by atoms with Gasteiger partial charge in [-0.25, -0.2) is 9.29 Å². The number of nitrogens with one attached hydrogen (secondary N) is 1. The fourth-order valence-electron chi connectivity index (χ4n) is 3.32. The molecule has 0 aromatic heterocycles. The lowest BCUT2D eigenvalue weighted by molar-refractivity contribution is -0.136. The zero-order chi connectivity index (χ0) is 19.9. The van der Waals surface area contributed by atoms with E-state index in [9.17, 15) is 14.0 Å². The molecule has 2 heterocycles. The average molecular weight is 384 g/mol. The van der Waals surface area contributed by atoms with Gasteiger partial charge < -0.3 is 9.47 Å². The number of ether oxygens (including phenoxy) is 2. The van der Waals surface area contributed by atoms with Crippen molar-refractivity contribution in [2.24, 2.45) is 0 Å². The predicted molar refractivity (Wildman–Crippen MR) is 98.0 cm³/mol. The van der Waals surface area contributed by atoms with E-state index in [2.05, 4.69) is 5.48 Å². The van der Waals surface area contributed by atoms with Crippen LogP contribution < -0.4 is 19.9 Å². The van der Waals surface area contributed by atoms with E-state index < -0.39 is 23.2 Å². The third kappa shape index (κ3) is 2.78. The molecule has 7 nitrogen and oxygen atoms in total. The Labute approximate surface area is 160 Å². The quantitative estimate of drug-likeness (QED) is 0.816. The first kappa shape index (κ1) is 18.0. The number of nitrogens with zero attached hydrogens (tertiary/aromatic N) is 1. The van der Waals surface area contributed by atoms with E-state index in [4.69, 9.17) is 14.3 Å². The van der Waals surface area contributed by atoms with Crippen LogP contribution in [0.25, 0.3) is 5.70 Å². The molecule has 2 aromatic rings. The summed E-state index contributed by atoms with van der Waals surface area (Å²) in [5.41, 5.74) is 2.71. The summed E-state index contributed by atoms with van der Waals surface area (Å²) in [6, 6.07) is 10.4. The average Bonchev–Trinajstić information content (AvgIpc) is 3.23. The normalized spacial score (nSPS) is 21.1. The topological polar surface area (TPSA) is 77.1 Å². The van der Waals surface area contributed by atoms with Gasteiger partial charge in [0.2, 0.25) is 11.5 Å². The molecule has 0 saturated carbocycles. The van der Waals surface area contributed by atoms with Crippen molar-refractivity contribution in [3.63, 3.8) is 0 Å². The van der Waals surface area contributed by atoms with Crippen molar-refractivity contribution < 1.29 is 28.3 Å². The maximum absolute atomic E-state index is 13.2. The molecule has 2 aliphatic heterocycles. The van der Waals surface area contributed by atoms with E-state index in [0.717, 1.165) is 4.90 Å². The summed E-state index contributed by atoms with van der Waals surface area (Å²) < 4.78 is 23.7. The van der Waals surface area contributed by atoms with Crippen LogP contribution in [0.3, 0.4) is 0 Å². The molecular formula is C20H17FN2O5. The monoisotopic (exact) mass is 384 g/mol. The number of carbonyl (C=O) groups excluding carboxylic acids is 2. The van der Waals surface area contributed by atoms with Crippen LogP contribution in [0.4, 0.5) is 10.1 Å². The number of hydroxylamine groups is 1. The maximum atomic E-state index is 13.2. The summed E-state index contributed by atoms with van der Waals surface area (Å²) in [5, 5.41) is 0. The van der Waals surface area contributed by atoms with Gasteiger partial charge in [-0.05, 0) is 42.5 Å². The first-order valence-corrected chi connectivity index (χ1v) is 8.49. The summed E-state index contributed by atoms with van der Waals surface area (Å²) in [5.74, 6) is -0.294. The van der Waals surface area contributed by atoms with Crippen LogP contribution in [0.2, 0.25) is 0 Å². The highest BCUT2D eigenvalue weighted by Gasteiger charge is 2.55. The number of anilines is 1. The van der Waals surface area contributed by atoms with Gasteiger partial charge in [0, 0.05) is 11.6 Å². The molecule has 0 unspecified atom stereocenters. The number of hydrogen-bond donors (Lipinski definition) is 1. The molecule has 144 valence electrons. The number of methoxy groups -OCH3 is 2. The molecular weight excluding hydrogens is 367 g/mol. The van der Waals surface area contributed by atoms with Crippen LogP contribution in [-0.4, -0.2) is 31.6 Å². The third-order valence-corrected chi connectivity index (χ3v) is 4.73. The Morgan fingerprint density at radius 3 is 2.54 bits per heavy atom. The van der Waals surface area contributed by atoms with Crippen LogP contribution in [0.15, 0.2) is 48.5 Å². The Bertz CT molecular complexity index is 989. The minimum absolute atomic E-state index is 0.168. The fraction of sp³-hybridized carbons (Fsp3) is 0.200. The third-order valence-electron chi connectivity index (χ3n) is 4.73. The van der Waals surface area contributed by atoms with E-state index in [1.54, 1.807) is 31.4 Å². The molecule has 8 heteroatoms. The minimum Gasteiger partial charge on any atom is -0.497 e. The van der Waals surface area contributed by atoms with E-state index in [1.807, 2.05) is 0 Å². The van der Waals surface area contributed by atoms with Crippen molar-refractivity contribution in [2.45, 2.75) is 12.0 Å². The Hall–Kier alpha value is -3.39. The van der Waals surface area contributed by atoms with Crippen molar-refractivity contribution in [2.75, 3.05) is 19.1 Å². The number of carbonyl (C=O) groups is 2. The van der Waals surface area contributed by atoms with Crippen molar-refractivity contribution in [1.82, 2.24) is 5.48 Å². The Kier molecular flexibility index (Phi) is 4.27. The van der Waals surface area contributed by atoms with Gasteiger partial charge >= 0.3 is 0 Å². The second kappa shape index (κ2) is 6.65. The lowest BCUT2D eigenvalue weighted by atomic mass is 9.99.